The Bertz CT molecular complexity index is 789. The molecule has 0 unspecified atom stereocenters. The molecule has 1 heteroatoms. The molecule has 0 aliphatic rings. The molecule has 0 N–H and O–H groups in total. The maximum Gasteiger partial charge on any atom is -0.0163 e. The lowest BCUT2D eigenvalue weighted by molar-refractivity contribution is 0.784. The summed E-state index contributed by atoms with van der Waals surface area (Å²) in [6.45, 7) is 0.439. The number of benzene rings is 3. The summed E-state index contributed by atoms with van der Waals surface area (Å²) in [6.07, 6.45) is 10.6. The zero-order chi connectivity index (χ0) is 19.5. The van der Waals surface area contributed by atoms with Gasteiger partial charge in [-0.25, -0.2) is 0 Å². The van der Waals surface area contributed by atoms with Crippen molar-refractivity contribution in [3.05, 3.63) is 103 Å². The number of allylic oxidation sites excluding steroid dienone is 2. The SMILES string of the molecule is CC/C=C\CCCCC=P(c1ccccc1)(c1ccccc1)c1ccccc1. The average Bonchev–Trinajstić information content (AvgIpc) is 2.78. The molecule has 0 saturated heterocycles. The molecule has 0 amide bonds. The minimum Gasteiger partial charge on any atom is -0.0888 e. The fourth-order valence-corrected chi connectivity index (χ4v) is 7.75. The van der Waals surface area contributed by atoms with Crippen molar-refractivity contribution in [2.75, 3.05) is 0 Å². The first-order valence-corrected chi connectivity index (χ1v) is 12.3. The van der Waals surface area contributed by atoms with Crippen LogP contribution in [0.3, 0.4) is 0 Å². The molecule has 0 atom stereocenters. The Balaban J connectivity index is 2.04. The standard InChI is InChI=1S/C27H31P/c1-2-3-4-5-6-7-17-24-28(25-18-11-8-12-19-25,26-20-13-9-14-21-26)27-22-15-10-16-23-27/h3-4,8-16,18-24H,2,5-7,17H2,1H3/b4-3-. The van der Waals surface area contributed by atoms with Crippen LogP contribution in [-0.4, -0.2) is 5.80 Å². The van der Waals surface area contributed by atoms with Crippen LogP contribution in [0, 0.1) is 0 Å². The summed E-state index contributed by atoms with van der Waals surface area (Å²) in [6, 6.07) is 33.3. The Hall–Kier alpha value is -2.30. The highest BCUT2D eigenvalue weighted by atomic mass is 31.2. The van der Waals surface area contributed by atoms with E-state index in [2.05, 4.69) is 116 Å². The molecule has 0 saturated carbocycles. The monoisotopic (exact) mass is 386 g/mol. The van der Waals surface area contributed by atoms with Gasteiger partial charge >= 0.3 is 0 Å². The van der Waals surface area contributed by atoms with Crippen LogP contribution in [0.2, 0.25) is 0 Å². The summed E-state index contributed by atoms with van der Waals surface area (Å²) in [5.74, 6) is 2.65. The summed E-state index contributed by atoms with van der Waals surface area (Å²) < 4.78 is 0. The minimum atomic E-state index is -1.76. The van der Waals surface area contributed by atoms with Crippen LogP contribution in [0.15, 0.2) is 103 Å². The Morgan fingerprint density at radius 2 is 1.00 bits per heavy atom. The van der Waals surface area contributed by atoms with Crippen LogP contribution in [0.25, 0.3) is 0 Å². The smallest absolute Gasteiger partial charge is 0.0163 e. The van der Waals surface area contributed by atoms with Gasteiger partial charge in [-0.05, 0) is 54.9 Å². The zero-order valence-corrected chi connectivity index (χ0v) is 17.8. The lowest BCUT2D eigenvalue weighted by Crippen LogP contribution is -2.26. The van der Waals surface area contributed by atoms with E-state index in [-0.39, 0.29) is 0 Å². The van der Waals surface area contributed by atoms with Gasteiger partial charge in [-0.15, -0.1) is 0 Å². The molecule has 144 valence electrons. The maximum absolute atomic E-state index is 2.65. The van der Waals surface area contributed by atoms with Gasteiger partial charge in [-0.3, -0.25) is 0 Å². The number of unbranched alkanes of at least 4 members (excludes halogenated alkanes) is 3. The number of hydrogen-bond donors (Lipinski definition) is 0. The van der Waals surface area contributed by atoms with Gasteiger partial charge < -0.3 is 0 Å². The summed E-state index contributed by atoms with van der Waals surface area (Å²) >= 11 is 0. The Morgan fingerprint density at radius 3 is 1.43 bits per heavy atom. The van der Waals surface area contributed by atoms with Crippen molar-refractivity contribution in [2.45, 2.75) is 39.0 Å². The van der Waals surface area contributed by atoms with E-state index in [9.17, 15) is 0 Å². The van der Waals surface area contributed by atoms with Crippen LogP contribution in [0.5, 0.6) is 0 Å². The first kappa shape index (κ1) is 20.4. The molecule has 28 heavy (non-hydrogen) atoms. The van der Waals surface area contributed by atoms with Crippen molar-refractivity contribution >= 4 is 28.6 Å². The van der Waals surface area contributed by atoms with Gasteiger partial charge in [0.15, 0.2) is 0 Å². The van der Waals surface area contributed by atoms with Gasteiger partial charge in [-0.2, -0.15) is 0 Å². The normalized spacial score (nSPS) is 11.6. The molecule has 3 aromatic rings. The van der Waals surface area contributed by atoms with E-state index in [4.69, 9.17) is 0 Å². The van der Waals surface area contributed by atoms with E-state index in [0.717, 1.165) is 12.8 Å². The molecule has 0 bridgehead atoms. The summed E-state index contributed by atoms with van der Waals surface area (Å²) in [4.78, 5) is 0. The van der Waals surface area contributed by atoms with E-state index in [1.807, 2.05) is 0 Å². The van der Waals surface area contributed by atoms with Gasteiger partial charge in [0.25, 0.3) is 0 Å². The topological polar surface area (TPSA) is 0 Å². The van der Waals surface area contributed by atoms with Crippen LogP contribution in [0.1, 0.15) is 39.0 Å². The largest absolute Gasteiger partial charge is 0.0888 e. The van der Waals surface area contributed by atoms with Crippen LogP contribution in [0.4, 0.5) is 0 Å². The third-order valence-corrected chi connectivity index (χ3v) is 9.26. The molecule has 0 aromatic heterocycles. The predicted octanol–water partition coefficient (Wildman–Crippen LogP) is 6.31. The Labute approximate surface area is 170 Å². The second kappa shape index (κ2) is 10.9. The second-order valence-corrected chi connectivity index (χ2v) is 10.4. The quantitative estimate of drug-likeness (QED) is 0.230. The number of rotatable bonds is 9. The van der Waals surface area contributed by atoms with Crippen LogP contribution >= 0.6 is 6.89 Å². The van der Waals surface area contributed by atoms with Crippen molar-refractivity contribution in [1.29, 1.82) is 0 Å². The summed E-state index contributed by atoms with van der Waals surface area (Å²) in [7, 11) is 0. The van der Waals surface area contributed by atoms with Gasteiger partial charge in [-0.1, -0.05) is 116 Å². The zero-order valence-electron chi connectivity index (χ0n) is 16.9. The molecule has 0 aliphatic heterocycles. The highest BCUT2D eigenvalue weighted by Crippen LogP contribution is 2.44. The third kappa shape index (κ3) is 4.94. The van der Waals surface area contributed by atoms with Gasteiger partial charge in [0.2, 0.25) is 0 Å². The van der Waals surface area contributed by atoms with Crippen LogP contribution in [-0.2, 0) is 0 Å². The molecule has 0 heterocycles. The van der Waals surface area contributed by atoms with Crippen molar-refractivity contribution in [3.63, 3.8) is 0 Å². The van der Waals surface area contributed by atoms with E-state index in [1.165, 1.54) is 35.2 Å². The molecule has 0 nitrogen and oxygen atoms in total. The highest BCUT2D eigenvalue weighted by molar-refractivity contribution is 7.94. The molecular weight excluding hydrogens is 355 g/mol. The van der Waals surface area contributed by atoms with Crippen molar-refractivity contribution < 1.29 is 0 Å². The maximum atomic E-state index is 2.65. The third-order valence-electron chi connectivity index (χ3n) is 5.12. The van der Waals surface area contributed by atoms with E-state index in [0.29, 0.717) is 0 Å². The lowest BCUT2D eigenvalue weighted by Gasteiger charge is -2.29. The molecule has 0 fully saturated rings. The Kier molecular flexibility index (Phi) is 7.94. The molecule has 3 rings (SSSR count). The molecule has 0 spiro atoms. The molecule has 3 aromatic carbocycles. The fraction of sp³-hybridized carbons (Fsp3) is 0.222. The Morgan fingerprint density at radius 1 is 0.571 bits per heavy atom. The summed E-state index contributed by atoms with van der Waals surface area (Å²) in [5, 5.41) is 4.33. The lowest BCUT2D eigenvalue weighted by atomic mass is 10.2. The van der Waals surface area contributed by atoms with E-state index in [1.54, 1.807) is 0 Å². The molecular formula is C27H31P. The molecule has 0 radical (unpaired) electrons. The van der Waals surface area contributed by atoms with Gasteiger partial charge in [0.1, 0.15) is 0 Å². The second-order valence-electron chi connectivity index (χ2n) is 7.08. The van der Waals surface area contributed by atoms with E-state index < -0.39 is 6.89 Å². The first-order valence-electron chi connectivity index (χ1n) is 10.4. The van der Waals surface area contributed by atoms with Gasteiger partial charge in [0, 0.05) is 0 Å². The fourth-order valence-electron chi connectivity index (χ4n) is 3.73. The van der Waals surface area contributed by atoms with Crippen molar-refractivity contribution in [3.8, 4) is 0 Å². The average molecular weight is 387 g/mol. The van der Waals surface area contributed by atoms with Crippen molar-refractivity contribution in [1.82, 2.24) is 0 Å². The number of hydrogen-bond acceptors (Lipinski definition) is 0. The summed E-state index contributed by atoms with van der Waals surface area (Å²) in [5.41, 5.74) is 0. The van der Waals surface area contributed by atoms with Gasteiger partial charge in [0.05, 0.1) is 0 Å². The van der Waals surface area contributed by atoms with Crippen molar-refractivity contribution in [2.24, 2.45) is 0 Å². The van der Waals surface area contributed by atoms with Crippen LogP contribution < -0.4 is 15.9 Å². The minimum absolute atomic E-state index is 1.14. The molecule has 0 aliphatic carbocycles. The first-order chi connectivity index (χ1) is 13.9. The van der Waals surface area contributed by atoms with E-state index >= 15 is 0 Å². The predicted molar refractivity (Wildman–Crippen MR) is 129 cm³/mol. The highest BCUT2D eigenvalue weighted by Gasteiger charge is 2.24.